The maximum Gasteiger partial charge on any atom is 0.0484 e. The highest BCUT2D eigenvalue weighted by Gasteiger charge is 2.22. The highest BCUT2D eigenvalue weighted by molar-refractivity contribution is 7.17. The SMILES string of the molecule is CCC(CC)CN(CC)C(CN)c1csc2ccccc12. The van der Waals surface area contributed by atoms with Gasteiger partial charge in [0.15, 0.2) is 0 Å². The molecule has 2 rings (SSSR count). The number of rotatable bonds is 8. The van der Waals surface area contributed by atoms with E-state index in [0.717, 1.165) is 19.0 Å². The molecule has 0 amide bonds. The van der Waals surface area contributed by atoms with Crippen LogP contribution in [0.5, 0.6) is 0 Å². The molecule has 0 aliphatic rings. The molecule has 0 saturated heterocycles. The maximum atomic E-state index is 6.15. The number of nitrogens with zero attached hydrogens (tertiary/aromatic N) is 1. The molecule has 0 fully saturated rings. The summed E-state index contributed by atoms with van der Waals surface area (Å²) in [5.41, 5.74) is 7.56. The van der Waals surface area contributed by atoms with Gasteiger partial charge in [-0.3, -0.25) is 4.90 Å². The molecule has 0 bridgehead atoms. The summed E-state index contributed by atoms with van der Waals surface area (Å²) >= 11 is 1.83. The molecule has 0 spiro atoms. The highest BCUT2D eigenvalue weighted by atomic mass is 32.1. The fourth-order valence-corrected chi connectivity index (χ4v) is 4.09. The Kier molecular flexibility index (Phi) is 6.22. The first-order chi connectivity index (χ1) is 10.2. The minimum Gasteiger partial charge on any atom is -0.329 e. The van der Waals surface area contributed by atoms with Crippen LogP contribution >= 0.6 is 11.3 Å². The molecule has 21 heavy (non-hydrogen) atoms. The average Bonchev–Trinajstić information content (AvgIpc) is 2.95. The predicted octanol–water partition coefficient (Wildman–Crippen LogP) is 4.66. The van der Waals surface area contributed by atoms with Crippen molar-refractivity contribution >= 4 is 21.4 Å². The van der Waals surface area contributed by atoms with Crippen LogP contribution in [-0.4, -0.2) is 24.5 Å². The maximum absolute atomic E-state index is 6.15. The minimum atomic E-state index is 0.340. The molecule has 0 aliphatic carbocycles. The van der Waals surface area contributed by atoms with Crippen molar-refractivity contribution in [2.75, 3.05) is 19.6 Å². The number of likely N-dealkylation sites (N-methyl/N-ethyl adjacent to an activating group) is 1. The molecule has 0 aliphatic heterocycles. The molecular weight excluding hydrogens is 276 g/mol. The zero-order chi connectivity index (χ0) is 15.2. The average molecular weight is 305 g/mol. The lowest BCUT2D eigenvalue weighted by molar-refractivity contribution is 0.175. The Morgan fingerprint density at radius 3 is 2.48 bits per heavy atom. The van der Waals surface area contributed by atoms with Gasteiger partial charge in [-0.25, -0.2) is 0 Å². The van der Waals surface area contributed by atoms with E-state index in [1.165, 1.54) is 28.5 Å². The van der Waals surface area contributed by atoms with E-state index < -0.39 is 0 Å². The van der Waals surface area contributed by atoms with E-state index in [1.54, 1.807) is 0 Å². The van der Waals surface area contributed by atoms with Crippen molar-refractivity contribution in [1.82, 2.24) is 4.90 Å². The Hall–Kier alpha value is -0.900. The molecule has 1 atom stereocenters. The summed E-state index contributed by atoms with van der Waals surface area (Å²) in [6.45, 7) is 9.73. The molecule has 2 nitrogen and oxygen atoms in total. The van der Waals surface area contributed by atoms with E-state index >= 15 is 0 Å². The molecule has 3 heteroatoms. The van der Waals surface area contributed by atoms with Gasteiger partial charge in [-0.15, -0.1) is 11.3 Å². The predicted molar refractivity (Wildman–Crippen MR) is 94.9 cm³/mol. The topological polar surface area (TPSA) is 29.3 Å². The molecule has 1 aromatic carbocycles. The Morgan fingerprint density at radius 1 is 1.14 bits per heavy atom. The smallest absolute Gasteiger partial charge is 0.0484 e. The Labute approximate surface area is 133 Å². The molecular formula is C18H28N2S. The van der Waals surface area contributed by atoms with Crippen LogP contribution in [0.4, 0.5) is 0 Å². The van der Waals surface area contributed by atoms with Crippen LogP contribution in [0.1, 0.15) is 45.2 Å². The third kappa shape index (κ3) is 3.65. The molecule has 1 aromatic heterocycles. The van der Waals surface area contributed by atoms with Crippen molar-refractivity contribution < 1.29 is 0 Å². The van der Waals surface area contributed by atoms with Crippen molar-refractivity contribution in [3.63, 3.8) is 0 Å². The van der Waals surface area contributed by atoms with Crippen molar-refractivity contribution in [3.05, 3.63) is 35.2 Å². The summed E-state index contributed by atoms with van der Waals surface area (Å²) < 4.78 is 1.37. The van der Waals surface area contributed by atoms with E-state index in [4.69, 9.17) is 5.73 Å². The van der Waals surface area contributed by atoms with E-state index in [0.29, 0.717) is 12.6 Å². The second-order valence-electron chi connectivity index (χ2n) is 5.71. The van der Waals surface area contributed by atoms with Crippen molar-refractivity contribution in [2.45, 2.75) is 39.7 Å². The zero-order valence-electron chi connectivity index (χ0n) is 13.5. The number of thiophene rings is 1. The lowest BCUT2D eigenvalue weighted by Gasteiger charge is -2.32. The summed E-state index contributed by atoms with van der Waals surface area (Å²) in [5.74, 6) is 0.767. The lowest BCUT2D eigenvalue weighted by atomic mass is 9.99. The summed E-state index contributed by atoms with van der Waals surface area (Å²) in [4.78, 5) is 2.56. The van der Waals surface area contributed by atoms with Gasteiger partial charge in [0.1, 0.15) is 0 Å². The van der Waals surface area contributed by atoms with Crippen LogP contribution in [0.15, 0.2) is 29.6 Å². The largest absolute Gasteiger partial charge is 0.329 e. The number of hydrogen-bond donors (Lipinski definition) is 1. The number of hydrogen-bond acceptors (Lipinski definition) is 3. The minimum absolute atomic E-state index is 0.340. The van der Waals surface area contributed by atoms with Gasteiger partial charge in [0.05, 0.1) is 0 Å². The van der Waals surface area contributed by atoms with Crippen LogP contribution in [0, 0.1) is 5.92 Å². The molecule has 1 unspecified atom stereocenters. The lowest BCUT2D eigenvalue weighted by Crippen LogP contribution is -2.37. The fraction of sp³-hybridized carbons (Fsp3) is 0.556. The standard InChI is InChI=1S/C18H28N2S/c1-4-14(5-2)12-20(6-3)17(11-19)16-13-21-18-10-8-7-9-15(16)18/h7-10,13-14,17H,4-6,11-12,19H2,1-3H3. The van der Waals surface area contributed by atoms with Gasteiger partial charge in [-0.2, -0.15) is 0 Å². The first-order valence-corrected chi connectivity index (χ1v) is 9.03. The third-order valence-electron chi connectivity index (χ3n) is 4.59. The first-order valence-electron chi connectivity index (χ1n) is 8.15. The first kappa shape index (κ1) is 16.5. The van der Waals surface area contributed by atoms with Crippen molar-refractivity contribution in [3.8, 4) is 0 Å². The summed E-state index contributed by atoms with van der Waals surface area (Å²) in [7, 11) is 0. The quantitative estimate of drug-likeness (QED) is 0.768. The molecule has 116 valence electrons. The zero-order valence-corrected chi connectivity index (χ0v) is 14.3. The molecule has 0 radical (unpaired) electrons. The van der Waals surface area contributed by atoms with Crippen LogP contribution < -0.4 is 5.73 Å². The molecule has 2 N–H and O–H groups in total. The van der Waals surface area contributed by atoms with E-state index in [-0.39, 0.29) is 0 Å². The van der Waals surface area contributed by atoms with Gasteiger partial charge < -0.3 is 5.73 Å². The normalized spacial score (nSPS) is 13.4. The van der Waals surface area contributed by atoms with Crippen LogP contribution in [0.2, 0.25) is 0 Å². The Bertz CT molecular complexity index is 545. The summed E-state index contributed by atoms with van der Waals surface area (Å²) in [5, 5.41) is 3.68. The monoisotopic (exact) mass is 304 g/mol. The van der Waals surface area contributed by atoms with Gasteiger partial charge in [0.25, 0.3) is 0 Å². The third-order valence-corrected chi connectivity index (χ3v) is 5.57. The van der Waals surface area contributed by atoms with Crippen LogP contribution in [-0.2, 0) is 0 Å². The molecule has 1 heterocycles. The number of nitrogens with two attached hydrogens (primary N) is 1. The molecule has 2 aromatic rings. The summed E-state index contributed by atoms with van der Waals surface area (Å²) in [6, 6.07) is 9.01. The molecule has 0 saturated carbocycles. The number of fused-ring (bicyclic) bond motifs is 1. The van der Waals surface area contributed by atoms with Crippen LogP contribution in [0.3, 0.4) is 0 Å². The van der Waals surface area contributed by atoms with Crippen molar-refractivity contribution in [2.24, 2.45) is 11.7 Å². The Morgan fingerprint density at radius 2 is 1.86 bits per heavy atom. The second-order valence-corrected chi connectivity index (χ2v) is 6.62. The Balaban J connectivity index is 2.28. The van der Waals surface area contributed by atoms with E-state index in [1.807, 2.05) is 11.3 Å². The van der Waals surface area contributed by atoms with E-state index in [2.05, 4.69) is 55.3 Å². The fourth-order valence-electron chi connectivity index (χ4n) is 3.08. The van der Waals surface area contributed by atoms with Crippen LogP contribution in [0.25, 0.3) is 10.1 Å². The number of benzene rings is 1. The van der Waals surface area contributed by atoms with Gasteiger partial charge in [0.2, 0.25) is 0 Å². The van der Waals surface area contributed by atoms with Gasteiger partial charge in [0, 0.05) is 23.8 Å². The van der Waals surface area contributed by atoms with Gasteiger partial charge in [-0.1, -0.05) is 51.8 Å². The van der Waals surface area contributed by atoms with Gasteiger partial charge >= 0.3 is 0 Å². The summed E-state index contributed by atoms with van der Waals surface area (Å²) in [6.07, 6.45) is 2.49. The van der Waals surface area contributed by atoms with Gasteiger partial charge in [-0.05, 0) is 34.9 Å². The van der Waals surface area contributed by atoms with Crippen molar-refractivity contribution in [1.29, 1.82) is 0 Å². The second kappa shape index (κ2) is 7.92. The highest BCUT2D eigenvalue weighted by Crippen LogP contribution is 2.33. The van der Waals surface area contributed by atoms with E-state index in [9.17, 15) is 0 Å².